The van der Waals surface area contributed by atoms with Crippen LogP contribution in [0, 0.1) is 5.82 Å². The van der Waals surface area contributed by atoms with Gasteiger partial charge in [0.2, 0.25) is 17.7 Å². The number of ether oxygens (including phenoxy) is 2. The summed E-state index contributed by atoms with van der Waals surface area (Å²) in [6.45, 7) is 4.51. The number of carbonyl (C=O) groups is 1. The van der Waals surface area contributed by atoms with Crippen LogP contribution in [0.3, 0.4) is 0 Å². The second-order valence-electron chi connectivity index (χ2n) is 6.49. The Bertz CT molecular complexity index is 1140. The summed E-state index contributed by atoms with van der Waals surface area (Å²) in [7, 11) is 0. The predicted octanol–water partition coefficient (Wildman–Crippen LogP) is 4.43. The van der Waals surface area contributed by atoms with Crippen molar-refractivity contribution >= 4 is 40.1 Å². The van der Waals surface area contributed by atoms with Gasteiger partial charge in [-0.1, -0.05) is 29.8 Å². The van der Waals surface area contributed by atoms with Crippen molar-refractivity contribution in [1.29, 1.82) is 0 Å². The van der Waals surface area contributed by atoms with Crippen molar-refractivity contribution in [3.63, 3.8) is 0 Å². The summed E-state index contributed by atoms with van der Waals surface area (Å²) in [4.78, 5) is 26.0. The molecule has 3 aromatic rings. The van der Waals surface area contributed by atoms with E-state index in [4.69, 9.17) is 32.7 Å². The number of fused-ring (bicyclic) bond motifs is 1. The van der Waals surface area contributed by atoms with Gasteiger partial charge in [0.05, 0.1) is 22.1 Å². The Morgan fingerprint density at radius 3 is 2.90 bits per heavy atom. The Labute approximate surface area is 181 Å². The molecule has 3 heterocycles. The molecule has 0 bridgehead atoms. The highest BCUT2D eigenvalue weighted by molar-refractivity contribution is 6.42. The molecule has 0 unspecified atom stereocenters. The number of amides is 1. The van der Waals surface area contributed by atoms with Crippen molar-refractivity contribution < 1.29 is 18.7 Å². The fourth-order valence-electron chi connectivity index (χ4n) is 3.06. The molecule has 0 radical (unpaired) electrons. The van der Waals surface area contributed by atoms with E-state index in [9.17, 15) is 9.18 Å². The normalized spacial score (nSPS) is 16.0. The number of halogens is 3. The zero-order valence-corrected chi connectivity index (χ0v) is 17.0. The van der Waals surface area contributed by atoms with Crippen LogP contribution in [0.1, 0.15) is 6.42 Å². The van der Waals surface area contributed by atoms with E-state index < -0.39 is 5.82 Å². The molecule has 1 aromatic carbocycles. The van der Waals surface area contributed by atoms with Gasteiger partial charge >= 0.3 is 0 Å². The first-order chi connectivity index (χ1) is 14.5. The number of likely N-dealkylation sites (tertiary alicyclic amines) is 1. The van der Waals surface area contributed by atoms with Crippen molar-refractivity contribution in [3.8, 4) is 17.5 Å². The van der Waals surface area contributed by atoms with Gasteiger partial charge in [-0.2, -0.15) is 4.98 Å². The number of pyridine rings is 1. The lowest BCUT2D eigenvalue weighted by Crippen LogP contribution is -2.29. The van der Waals surface area contributed by atoms with Gasteiger partial charge < -0.3 is 14.4 Å². The number of aromatic nitrogens is 3. The number of hydrogen-bond acceptors (Lipinski definition) is 6. The van der Waals surface area contributed by atoms with Crippen molar-refractivity contribution in [3.05, 3.63) is 59.1 Å². The second kappa shape index (κ2) is 8.41. The maximum Gasteiger partial charge on any atom is 0.249 e. The summed E-state index contributed by atoms with van der Waals surface area (Å²) in [6.07, 6.45) is 3.02. The zero-order chi connectivity index (χ0) is 21.3. The Balaban J connectivity index is 1.59. The number of carbonyl (C=O) groups excluding carboxylic acids is 1. The molecule has 7 nitrogen and oxygen atoms in total. The minimum Gasteiger partial charge on any atom is -0.472 e. The van der Waals surface area contributed by atoms with Crippen LogP contribution in [-0.4, -0.2) is 45.0 Å². The van der Waals surface area contributed by atoms with Crippen LogP contribution in [0.2, 0.25) is 10.0 Å². The molecule has 1 amide bonds. The van der Waals surface area contributed by atoms with Gasteiger partial charge in [-0.15, -0.1) is 0 Å². The molecule has 0 N–H and O–H groups in total. The SMILES string of the molecule is C=CC(=O)N1CC[C@H](Oc2ccc3ncnc(Oc4ccc(Cl)c(Cl)c4F)c3n2)C1. The van der Waals surface area contributed by atoms with E-state index >= 15 is 0 Å². The summed E-state index contributed by atoms with van der Waals surface area (Å²) >= 11 is 11.7. The first-order valence-corrected chi connectivity index (χ1v) is 9.73. The Hall–Kier alpha value is -2.97. The lowest BCUT2D eigenvalue weighted by molar-refractivity contribution is -0.125. The molecule has 2 aromatic heterocycles. The third-order valence-electron chi connectivity index (χ3n) is 4.55. The van der Waals surface area contributed by atoms with Crippen LogP contribution in [0.15, 0.2) is 43.2 Å². The van der Waals surface area contributed by atoms with Gasteiger partial charge in [0.15, 0.2) is 17.1 Å². The van der Waals surface area contributed by atoms with Crippen molar-refractivity contribution in [2.24, 2.45) is 0 Å². The van der Waals surface area contributed by atoms with Gasteiger partial charge in [-0.05, 0) is 24.3 Å². The monoisotopic (exact) mass is 448 g/mol. The molecule has 0 saturated carbocycles. The molecule has 1 aliphatic rings. The Morgan fingerprint density at radius 2 is 2.10 bits per heavy atom. The van der Waals surface area contributed by atoms with Crippen LogP contribution in [0.4, 0.5) is 4.39 Å². The lowest BCUT2D eigenvalue weighted by atomic mass is 10.3. The summed E-state index contributed by atoms with van der Waals surface area (Å²) in [5.41, 5.74) is 0.778. The standard InChI is InChI=1S/C20H15Cl2FN4O3/c1-2-16(28)27-8-7-11(9-27)29-15-6-4-13-19(26-15)20(25-10-24-13)30-14-5-3-12(21)17(22)18(14)23/h2-6,10-11H,1,7-9H2/t11-/m0/s1. The molecule has 30 heavy (non-hydrogen) atoms. The molecule has 1 fully saturated rings. The quantitative estimate of drug-likeness (QED) is 0.424. The minimum absolute atomic E-state index is 0.0395. The maximum atomic E-state index is 14.4. The third-order valence-corrected chi connectivity index (χ3v) is 5.33. The highest BCUT2D eigenvalue weighted by atomic mass is 35.5. The largest absolute Gasteiger partial charge is 0.472 e. The van der Waals surface area contributed by atoms with E-state index in [1.807, 2.05) is 0 Å². The van der Waals surface area contributed by atoms with E-state index in [1.165, 1.54) is 24.5 Å². The molecular formula is C20H15Cl2FN4O3. The molecular weight excluding hydrogens is 434 g/mol. The predicted molar refractivity (Wildman–Crippen MR) is 110 cm³/mol. The van der Waals surface area contributed by atoms with E-state index in [0.717, 1.165) is 0 Å². The molecule has 1 atom stereocenters. The number of benzene rings is 1. The molecule has 0 aliphatic carbocycles. The maximum absolute atomic E-state index is 14.4. The number of hydrogen-bond donors (Lipinski definition) is 0. The fourth-order valence-corrected chi connectivity index (χ4v) is 3.36. The highest BCUT2D eigenvalue weighted by Gasteiger charge is 2.27. The van der Waals surface area contributed by atoms with E-state index in [2.05, 4.69) is 21.5 Å². The zero-order valence-electron chi connectivity index (χ0n) is 15.5. The Kier molecular flexibility index (Phi) is 5.69. The average Bonchev–Trinajstić information content (AvgIpc) is 3.22. The summed E-state index contributed by atoms with van der Waals surface area (Å²) in [5, 5.41) is -0.173. The van der Waals surface area contributed by atoms with Gasteiger partial charge in [0.25, 0.3) is 0 Å². The van der Waals surface area contributed by atoms with Crippen molar-refractivity contribution in [2.75, 3.05) is 13.1 Å². The molecule has 154 valence electrons. The van der Waals surface area contributed by atoms with Crippen LogP contribution in [0.25, 0.3) is 11.0 Å². The minimum atomic E-state index is -0.804. The summed E-state index contributed by atoms with van der Waals surface area (Å²) < 4.78 is 25.9. The number of rotatable bonds is 5. The second-order valence-corrected chi connectivity index (χ2v) is 7.27. The van der Waals surface area contributed by atoms with Crippen molar-refractivity contribution in [2.45, 2.75) is 12.5 Å². The molecule has 0 spiro atoms. The summed E-state index contributed by atoms with van der Waals surface area (Å²) in [6, 6.07) is 6.13. The van der Waals surface area contributed by atoms with Crippen LogP contribution < -0.4 is 9.47 Å². The lowest BCUT2D eigenvalue weighted by Gasteiger charge is -2.15. The van der Waals surface area contributed by atoms with E-state index in [1.54, 1.807) is 17.0 Å². The van der Waals surface area contributed by atoms with Gasteiger partial charge in [0.1, 0.15) is 12.4 Å². The van der Waals surface area contributed by atoms with Crippen LogP contribution in [-0.2, 0) is 4.79 Å². The molecule has 4 rings (SSSR count). The van der Waals surface area contributed by atoms with Gasteiger partial charge in [-0.25, -0.2) is 14.4 Å². The molecule has 1 aliphatic heterocycles. The first kappa shape index (κ1) is 20.3. The molecule has 1 saturated heterocycles. The average molecular weight is 449 g/mol. The number of nitrogens with zero attached hydrogens (tertiary/aromatic N) is 4. The van der Waals surface area contributed by atoms with E-state index in [-0.39, 0.29) is 39.2 Å². The van der Waals surface area contributed by atoms with Crippen molar-refractivity contribution in [1.82, 2.24) is 19.9 Å². The highest BCUT2D eigenvalue weighted by Crippen LogP contribution is 2.35. The van der Waals surface area contributed by atoms with Gasteiger partial charge in [0, 0.05) is 19.0 Å². The van der Waals surface area contributed by atoms with Crippen LogP contribution in [0.5, 0.6) is 17.5 Å². The molecule has 10 heteroatoms. The topological polar surface area (TPSA) is 77.4 Å². The smallest absolute Gasteiger partial charge is 0.249 e. The fraction of sp³-hybridized carbons (Fsp3) is 0.200. The van der Waals surface area contributed by atoms with Gasteiger partial charge in [-0.3, -0.25) is 4.79 Å². The first-order valence-electron chi connectivity index (χ1n) is 8.97. The summed E-state index contributed by atoms with van der Waals surface area (Å²) in [5.74, 6) is -0.735. The van der Waals surface area contributed by atoms with Crippen LogP contribution >= 0.6 is 23.2 Å². The Morgan fingerprint density at radius 1 is 1.27 bits per heavy atom. The van der Waals surface area contributed by atoms with E-state index in [0.29, 0.717) is 30.9 Å². The third kappa shape index (κ3) is 4.01.